The molecule has 0 saturated carbocycles. The SMILES string of the molecule is C=C(NCC(F)F)c1cnc2ccc(-c3c[nH]c4nc(C)ncc34)cn12. The van der Waals surface area contributed by atoms with Gasteiger partial charge in [-0.1, -0.05) is 6.58 Å². The van der Waals surface area contributed by atoms with Crippen molar-refractivity contribution >= 4 is 22.4 Å². The van der Waals surface area contributed by atoms with E-state index in [4.69, 9.17) is 0 Å². The lowest BCUT2D eigenvalue weighted by atomic mass is 10.1. The van der Waals surface area contributed by atoms with Gasteiger partial charge in [-0.05, 0) is 19.1 Å². The molecule has 0 saturated heterocycles. The number of alkyl halides is 2. The van der Waals surface area contributed by atoms with Gasteiger partial charge in [0.15, 0.2) is 0 Å². The van der Waals surface area contributed by atoms with Gasteiger partial charge in [0.05, 0.1) is 24.1 Å². The van der Waals surface area contributed by atoms with Gasteiger partial charge in [-0.25, -0.2) is 23.7 Å². The highest BCUT2D eigenvalue weighted by Gasteiger charge is 2.12. The molecule has 4 heterocycles. The summed E-state index contributed by atoms with van der Waals surface area (Å²) in [7, 11) is 0. The van der Waals surface area contributed by atoms with Crippen molar-refractivity contribution in [3.05, 3.63) is 55.0 Å². The summed E-state index contributed by atoms with van der Waals surface area (Å²) < 4.78 is 26.7. The lowest BCUT2D eigenvalue weighted by Crippen LogP contribution is -2.19. The first-order chi connectivity index (χ1) is 12.5. The van der Waals surface area contributed by atoms with Gasteiger partial charge in [-0.3, -0.25) is 4.40 Å². The highest BCUT2D eigenvalue weighted by molar-refractivity contribution is 5.93. The molecule has 4 rings (SSSR count). The number of halogens is 2. The van der Waals surface area contributed by atoms with E-state index in [0.29, 0.717) is 22.9 Å². The molecule has 8 heteroatoms. The Hall–Kier alpha value is -3.29. The summed E-state index contributed by atoms with van der Waals surface area (Å²) in [6.45, 7) is 5.22. The number of aryl methyl sites for hydroxylation is 1. The van der Waals surface area contributed by atoms with Crippen LogP contribution in [0.15, 0.2) is 43.5 Å². The maximum atomic E-state index is 12.4. The average Bonchev–Trinajstić information content (AvgIpc) is 3.22. The van der Waals surface area contributed by atoms with Crippen molar-refractivity contribution in [2.45, 2.75) is 13.3 Å². The number of nitrogens with zero attached hydrogens (tertiary/aromatic N) is 4. The monoisotopic (exact) mass is 354 g/mol. The number of hydrogen-bond donors (Lipinski definition) is 2. The Morgan fingerprint density at radius 2 is 2.15 bits per heavy atom. The van der Waals surface area contributed by atoms with E-state index in [2.05, 4.69) is 31.8 Å². The van der Waals surface area contributed by atoms with Crippen molar-refractivity contribution in [2.75, 3.05) is 6.54 Å². The van der Waals surface area contributed by atoms with Crippen LogP contribution < -0.4 is 5.32 Å². The first-order valence-electron chi connectivity index (χ1n) is 8.02. The Labute approximate surface area is 147 Å². The second kappa shape index (κ2) is 6.21. The van der Waals surface area contributed by atoms with Gasteiger partial charge in [0.2, 0.25) is 0 Å². The minimum absolute atomic E-state index is 0.396. The van der Waals surface area contributed by atoms with Crippen LogP contribution in [-0.2, 0) is 0 Å². The molecule has 0 amide bonds. The zero-order chi connectivity index (χ0) is 18.3. The van der Waals surface area contributed by atoms with Gasteiger partial charge < -0.3 is 10.3 Å². The molecule has 26 heavy (non-hydrogen) atoms. The maximum Gasteiger partial charge on any atom is 0.255 e. The molecule has 0 fully saturated rings. The molecule has 2 N–H and O–H groups in total. The fraction of sp³-hybridized carbons (Fsp3) is 0.167. The van der Waals surface area contributed by atoms with Crippen LogP contribution in [-0.4, -0.2) is 37.3 Å². The van der Waals surface area contributed by atoms with Crippen LogP contribution >= 0.6 is 0 Å². The number of aromatic nitrogens is 5. The van der Waals surface area contributed by atoms with Gasteiger partial charge in [0.25, 0.3) is 6.43 Å². The fourth-order valence-electron chi connectivity index (χ4n) is 2.89. The first-order valence-corrected chi connectivity index (χ1v) is 8.02. The number of nitrogens with one attached hydrogen (secondary N) is 2. The second-order valence-electron chi connectivity index (χ2n) is 5.92. The molecule has 4 aromatic rings. The van der Waals surface area contributed by atoms with E-state index in [1.165, 1.54) is 0 Å². The topological polar surface area (TPSA) is 70.9 Å². The van der Waals surface area contributed by atoms with Crippen LogP contribution in [0.5, 0.6) is 0 Å². The largest absolute Gasteiger partial charge is 0.378 e. The molecule has 0 aliphatic rings. The molecule has 0 spiro atoms. The summed E-state index contributed by atoms with van der Waals surface area (Å²) in [5, 5.41) is 3.54. The van der Waals surface area contributed by atoms with E-state index in [0.717, 1.165) is 22.2 Å². The Balaban J connectivity index is 1.77. The molecule has 132 valence electrons. The molecule has 0 aromatic carbocycles. The lowest BCUT2D eigenvalue weighted by Gasteiger charge is -2.09. The summed E-state index contributed by atoms with van der Waals surface area (Å²) >= 11 is 0. The van der Waals surface area contributed by atoms with Crippen LogP contribution in [0.2, 0.25) is 0 Å². The van der Waals surface area contributed by atoms with Crippen LogP contribution in [0.4, 0.5) is 8.78 Å². The van der Waals surface area contributed by atoms with Crippen LogP contribution in [0.25, 0.3) is 33.5 Å². The highest BCUT2D eigenvalue weighted by Crippen LogP contribution is 2.28. The third-order valence-electron chi connectivity index (χ3n) is 4.15. The third-order valence-corrected chi connectivity index (χ3v) is 4.15. The van der Waals surface area contributed by atoms with Crippen molar-refractivity contribution in [1.29, 1.82) is 0 Å². The quantitative estimate of drug-likeness (QED) is 0.576. The predicted molar refractivity (Wildman–Crippen MR) is 95.9 cm³/mol. The molecular formula is C18H16F2N6. The number of imidazole rings is 1. The van der Waals surface area contributed by atoms with Crippen molar-refractivity contribution in [3.63, 3.8) is 0 Å². The van der Waals surface area contributed by atoms with E-state index in [9.17, 15) is 8.78 Å². The first kappa shape index (κ1) is 16.2. The summed E-state index contributed by atoms with van der Waals surface area (Å²) in [6, 6.07) is 3.82. The van der Waals surface area contributed by atoms with Crippen LogP contribution in [0.1, 0.15) is 11.5 Å². The van der Waals surface area contributed by atoms with Gasteiger partial charge in [0, 0.05) is 35.1 Å². The summed E-state index contributed by atoms with van der Waals surface area (Å²) in [4.78, 5) is 16.1. The van der Waals surface area contributed by atoms with Crippen molar-refractivity contribution in [3.8, 4) is 11.1 Å². The molecule has 6 nitrogen and oxygen atoms in total. The number of H-pyrrole nitrogens is 1. The Bertz CT molecular complexity index is 1110. The molecule has 0 unspecified atom stereocenters. The lowest BCUT2D eigenvalue weighted by molar-refractivity contribution is 0.151. The Kier molecular flexibility index (Phi) is 3.87. The average molecular weight is 354 g/mol. The number of rotatable bonds is 5. The van der Waals surface area contributed by atoms with E-state index >= 15 is 0 Å². The fourth-order valence-corrected chi connectivity index (χ4v) is 2.89. The van der Waals surface area contributed by atoms with Gasteiger partial charge in [-0.2, -0.15) is 0 Å². The zero-order valence-electron chi connectivity index (χ0n) is 14.0. The number of hydrogen-bond acceptors (Lipinski definition) is 4. The normalized spacial score (nSPS) is 11.5. The Morgan fingerprint density at radius 3 is 2.96 bits per heavy atom. The summed E-state index contributed by atoms with van der Waals surface area (Å²) in [5.41, 5.74) is 4.38. The van der Waals surface area contributed by atoms with Crippen molar-refractivity contribution in [1.82, 2.24) is 29.7 Å². The number of fused-ring (bicyclic) bond motifs is 2. The third kappa shape index (κ3) is 2.79. The van der Waals surface area contributed by atoms with Gasteiger partial charge in [0.1, 0.15) is 17.1 Å². The molecule has 0 radical (unpaired) electrons. The van der Waals surface area contributed by atoms with Crippen molar-refractivity contribution in [2.24, 2.45) is 0 Å². The molecule has 0 atom stereocenters. The van der Waals surface area contributed by atoms with Crippen LogP contribution in [0.3, 0.4) is 0 Å². The van der Waals surface area contributed by atoms with E-state index < -0.39 is 13.0 Å². The standard InChI is InChI=1S/C18H16F2N6/c1-10(21-8-16(19)20)15-7-23-17-4-3-12(9-26(15)17)13-5-24-18-14(13)6-22-11(2)25-18/h3-7,9,16,21H,1,8H2,2H3,(H,22,24,25). The predicted octanol–water partition coefficient (Wildman–Crippen LogP) is 3.41. The molecule has 4 aromatic heterocycles. The van der Waals surface area contributed by atoms with E-state index in [-0.39, 0.29) is 0 Å². The van der Waals surface area contributed by atoms with E-state index in [1.54, 1.807) is 12.4 Å². The highest BCUT2D eigenvalue weighted by atomic mass is 19.3. The minimum atomic E-state index is -2.45. The Morgan fingerprint density at radius 1 is 1.31 bits per heavy atom. The zero-order valence-corrected chi connectivity index (χ0v) is 14.0. The smallest absolute Gasteiger partial charge is 0.255 e. The van der Waals surface area contributed by atoms with E-state index in [1.807, 2.05) is 35.9 Å². The molecule has 0 aliphatic heterocycles. The minimum Gasteiger partial charge on any atom is -0.378 e. The summed E-state index contributed by atoms with van der Waals surface area (Å²) in [6.07, 6.45) is 4.72. The number of aromatic amines is 1. The van der Waals surface area contributed by atoms with Crippen LogP contribution in [0, 0.1) is 6.92 Å². The maximum absolute atomic E-state index is 12.4. The molecular weight excluding hydrogens is 338 g/mol. The number of pyridine rings is 1. The second-order valence-corrected chi connectivity index (χ2v) is 5.92. The molecule has 0 aliphatic carbocycles. The summed E-state index contributed by atoms with van der Waals surface area (Å²) in [5.74, 6) is 0.694. The van der Waals surface area contributed by atoms with Gasteiger partial charge >= 0.3 is 0 Å². The van der Waals surface area contributed by atoms with Gasteiger partial charge in [-0.15, -0.1) is 0 Å². The molecule has 0 bridgehead atoms. The van der Waals surface area contributed by atoms with Crippen molar-refractivity contribution < 1.29 is 8.78 Å².